The maximum atomic E-state index is 12.4. The first-order valence-corrected chi connectivity index (χ1v) is 9.07. The summed E-state index contributed by atoms with van der Waals surface area (Å²) in [6.45, 7) is 3.98. The average molecular weight is 378 g/mol. The fourth-order valence-corrected chi connectivity index (χ4v) is 2.77. The first kappa shape index (κ1) is 19.3. The van der Waals surface area contributed by atoms with Crippen LogP contribution in [0.4, 0.5) is 5.69 Å². The summed E-state index contributed by atoms with van der Waals surface area (Å²) in [5.74, 6) is -0.374. The number of carbonyl (C=O) groups is 2. The van der Waals surface area contributed by atoms with Gasteiger partial charge < -0.3 is 10.6 Å². The largest absolute Gasteiger partial charge is 0.352 e. The Morgan fingerprint density at radius 2 is 1.82 bits per heavy atom. The normalized spacial score (nSPS) is 10.8. The highest BCUT2D eigenvalue weighted by atomic mass is 16.2. The highest BCUT2D eigenvalue weighted by molar-refractivity contribution is 5.92. The zero-order chi connectivity index (χ0) is 20.1. The molecule has 3 aromatic rings. The van der Waals surface area contributed by atoms with Crippen LogP contribution >= 0.6 is 0 Å². The topological polar surface area (TPSA) is 104 Å². The van der Waals surface area contributed by atoms with Crippen molar-refractivity contribution in [1.82, 2.24) is 15.5 Å². The Bertz CT molecular complexity index is 1070. The van der Waals surface area contributed by atoms with E-state index in [1.165, 1.54) is 0 Å². The summed E-state index contributed by atoms with van der Waals surface area (Å²) < 4.78 is 0. The lowest BCUT2D eigenvalue weighted by molar-refractivity contribution is -0.121. The molecule has 0 unspecified atom stereocenters. The van der Waals surface area contributed by atoms with Gasteiger partial charge in [0.25, 0.3) is 5.56 Å². The van der Waals surface area contributed by atoms with Gasteiger partial charge in [0, 0.05) is 23.5 Å². The van der Waals surface area contributed by atoms with Crippen molar-refractivity contribution in [1.29, 1.82) is 0 Å². The molecule has 0 saturated heterocycles. The summed E-state index contributed by atoms with van der Waals surface area (Å²) in [5.41, 5.74) is 1.80. The van der Waals surface area contributed by atoms with Crippen molar-refractivity contribution in [3.63, 3.8) is 0 Å². The zero-order valence-corrected chi connectivity index (χ0v) is 15.8. The summed E-state index contributed by atoms with van der Waals surface area (Å²) in [6, 6.07) is 14.4. The predicted molar refractivity (Wildman–Crippen MR) is 108 cm³/mol. The fourth-order valence-electron chi connectivity index (χ4n) is 2.77. The summed E-state index contributed by atoms with van der Waals surface area (Å²) in [7, 11) is 0. The maximum Gasteiger partial charge on any atom is 0.272 e. The smallest absolute Gasteiger partial charge is 0.272 e. The minimum absolute atomic E-state index is 0.0566. The first-order valence-electron chi connectivity index (χ1n) is 9.07. The van der Waals surface area contributed by atoms with Crippen LogP contribution in [0.1, 0.15) is 25.1 Å². The molecule has 28 heavy (non-hydrogen) atoms. The quantitative estimate of drug-likeness (QED) is 0.612. The van der Waals surface area contributed by atoms with Crippen LogP contribution in [-0.2, 0) is 22.6 Å². The van der Waals surface area contributed by atoms with Gasteiger partial charge in [-0.15, -0.1) is 0 Å². The van der Waals surface area contributed by atoms with Crippen molar-refractivity contribution >= 4 is 28.3 Å². The number of amides is 2. The molecule has 0 radical (unpaired) electrons. The van der Waals surface area contributed by atoms with Crippen molar-refractivity contribution in [3.05, 3.63) is 70.1 Å². The molecule has 0 atom stereocenters. The number of benzene rings is 2. The van der Waals surface area contributed by atoms with E-state index in [0.29, 0.717) is 28.7 Å². The number of nitrogens with zero attached hydrogens (tertiary/aromatic N) is 1. The second kappa shape index (κ2) is 8.47. The third kappa shape index (κ3) is 4.62. The van der Waals surface area contributed by atoms with Crippen LogP contribution in [0.15, 0.2) is 53.3 Å². The molecule has 0 aliphatic rings. The molecule has 0 aliphatic heterocycles. The Hall–Kier alpha value is -3.48. The number of nitrogens with one attached hydrogen (secondary N) is 3. The number of anilines is 1. The molecule has 0 spiro atoms. The molecule has 0 bridgehead atoms. The first-order chi connectivity index (χ1) is 13.4. The lowest BCUT2D eigenvalue weighted by Gasteiger charge is -2.10. The van der Waals surface area contributed by atoms with Gasteiger partial charge in [-0.25, -0.2) is 5.10 Å². The SMILES string of the molecule is CC(C)C(=O)Nc1cccc(CNC(=O)Cc2n[nH]c(=O)c3ccccc23)c1. The van der Waals surface area contributed by atoms with E-state index >= 15 is 0 Å². The van der Waals surface area contributed by atoms with Crippen LogP contribution in [0.25, 0.3) is 10.8 Å². The molecular weight excluding hydrogens is 356 g/mol. The minimum atomic E-state index is -0.278. The van der Waals surface area contributed by atoms with Gasteiger partial charge >= 0.3 is 0 Å². The number of H-pyrrole nitrogens is 1. The molecule has 7 nitrogen and oxygen atoms in total. The Morgan fingerprint density at radius 3 is 2.57 bits per heavy atom. The Balaban J connectivity index is 1.65. The molecule has 1 aromatic heterocycles. The van der Waals surface area contributed by atoms with E-state index in [1.807, 2.05) is 44.2 Å². The molecule has 3 rings (SSSR count). The van der Waals surface area contributed by atoms with Crippen LogP contribution < -0.4 is 16.2 Å². The highest BCUT2D eigenvalue weighted by Gasteiger charge is 2.11. The summed E-state index contributed by atoms with van der Waals surface area (Å²) >= 11 is 0. The number of aromatic amines is 1. The number of fused-ring (bicyclic) bond motifs is 1. The fraction of sp³-hybridized carbons (Fsp3) is 0.238. The average Bonchev–Trinajstić information content (AvgIpc) is 2.69. The third-order valence-electron chi connectivity index (χ3n) is 4.31. The maximum absolute atomic E-state index is 12.4. The molecule has 144 valence electrons. The van der Waals surface area contributed by atoms with E-state index in [9.17, 15) is 14.4 Å². The summed E-state index contributed by atoms with van der Waals surface area (Å²) in [5, 5.41) is 13.3. The second-order valence-electron chi connectivity index (χ2n) is 6.84. The molecule has 0 fully saturated rings. The summed E-state index contributed by atoms with van der Waals surface area (Å²) in [6.07, 6.45) is 0.0566. The lowest BCUT2D eigenvalue weighted by atomic mass is 10.1. The number of hydrogen-bond donors (Lipinski definition) is 3. The zero-order valence-electron chi connectivity index (χ0n) is 15.8. The number of aromatic nitrogens is 2. The van der Waals surface area contributed by atoms with E-state index in [1.54, 1.807) is 18.2 Å². The number of rotatable bonds is 6. The van der Waals surface area contributed by atoms with Crippen molar-refractivity contribution < 1.29 is 9.59 Å². The lowest BCUT2D eigenvalue weighted by Crippen LogP contribution is -2.26. The summed E-state index contributed by atoms with van der Waals surface area (Å²) in [4.78, 5) is 36.0. The van der Waals surface area contributed by atoms with Crippen molar-refractivity contribution in [3.8, 4) is 0 Å². The van der Waals surface area contributed by atoms with E-state index in [0.717, 1.165) is 5.56 Å². The molecular formula is C21H22N4O3. The number of hydrogen-bond acceptors (Lipinski definition) is 4. The monoisotopic (exact) mass is 378 g/mol. The van der Waals surface area contributed by atoms with E-state index in [2.05, 4.69) is 20.8 Å². The van der Waals surface area contributed by atoms with Crippen LogP contribution in [-0.4, -0.2) is 22.0 Å². The molecule has 0 aliphatic carbocycles. The Morgan fingerprint density at radius 1 is 1.07 bits per heavy atom. The molecule has 7 heteroatoms. The van der Waals surface area contributed by atoms with E-state index in [4.69, 9.17) is 0 Å². The van der Waals surface area contributed by atoms with Crippen LogP contribution in [0.3, 0.4) is 0 Å². The van der Waals surface area contributed by atoms with Crippen LogP contribution in [0.5, 0.6) is 0 Å². The number of carbonyl (C=O) groups excluding carboxylic acids is 2. The van der Waals surface area contributed by atoms with Gasteiger partial charge in [-0.3, -0.25) is 14.4 Å². The van der Waals surface area contributed by atoms with Gasteiger partial charge in [0.1, 0.15) is 0 Å². The highest BCUT2D eigenvalue weighted by Crippen LogP contribution is 2.14. The predicted octanol–water partition coefficient (Wildman–Crippen LogP) is 2.38. The van der Waals surface area contributed by atoms with Gasteiger partial charge in [-0.2, -0.15) is 5.10 Å². The minimum Gasteiger partial charge on any atom is -0.352 e. The van der Waals surface area contributed by atoms with Gasteiger partial charge in [0.2, 0.25) is 11.8 Å². The van der Waals surface area contributed by atoms with Gasteiger partial charge in [-0.05, 0) is 23.8 Å². The van der Waals surface area contributed by atoms with E-state index < -0.39 is 0 Å². The van der Waals surface area contributed by atoms with Crippen molar-refractivity contribution in [2.75, 3.05) is 5.32 Å². The van der Waals surface area contributed by atoms with Gasteiger partial charge in [-0.1, -0.05) is 44.2 Å². The van der Waals surface area contributed by atoms with Crippen LogP contribution in [0.2, 0.25) is 0 Å². The molecule has 2 aromatic carbocycles. The molecule has 2 amide bonds. The Kier molecular flexibility index (Phi) is 5.84. The van der Waals surface area contributed by atoms with Crippen molar-refractivity contribution in [2.24, 2.45) is 5.92 Å². The Labute approximate surface area is 162 Å². The van der Waals surface area contributed by atoms with Crippen LogP contribution in [0, 0.1) is 5.92 Å². The molecule has 1 heterocycles. The van der Waals surface area contributed by atoms with Gasteiger partial charge in [0.05, 0.1) is 17.5 Å². The van der Waals surface area contributed by atoms with E-state index in [-0.39, 0.29) is 29.7 Å². The third-order valence-corrected chi connectivity index (χ3v) is 4.31. The van der Waals surface area contributed by atoms with Gasteiger partial charge in [0.15, 0.2) is 0 Å². The molecule has 0 saturated carbocycles. The van der Waals surface area contributed by atoms with Crippen molar-refractivity contribution in [2.45, 2.75) is 26.8 Å². The second-order valence-corrected chi connectivity index (χ2v) is 6.84. The molecule has 3 N–H and O–H groups in total. The standard InChI is InChI=1S/C21H22N4O3/c1-13(2)20(27)23-15-7-5-6-14(10-15)12-22-19(26)11-18-16-8-3-4-9-17(16)21(28)25-24-18/h3-10,13H,11-12H2,1-2H3,(H,22,26)(H,23,27)(H,25,28).